The van der Waals surface area contributed by atoms with E-state index in [-0.39, 0.29) is 0 Å². The zero-order chi connectivity index (χ0) is 26.2. The summed E-state index contributed by atoms with van der Waals surface area (Å²) in [6, 6.07) is 46.3. The van der Waals surface area contributed by atoms with E-state index in [4.69, 9.17) is 4.42 Å². The van der Waals surface area contributed by atoms with E-state index in [9.17, 15) is 0 Å². The van der Waals surface area contributed by atoms with E-state index in [1.807, 2.05) is 17.6 Å². The monoisotopic (exact) mass is 526 g/mol. The summed E-state index contributed by atoms with van der Waals surface area (Å²) in [5, 5.41) is 11.3. The summed E-state index contributed by atoms with van der Waals surface area (Å²) < 4.78 is 8.68. The second-order valence-corrected chi connectivity index (χ2v) is 11.5. The summed E-state index contributed by atoms with van der Waals surface area (Å²) in [6.07, 6.45) is 1.82. The van der Waals surface area contributed by atoms with Crippen LogP contribution in [0.3, 0.4) is 0 Å². The molecule has 186 valence electrons. The van der Waals surface area contributed by atoms with Crippen LogP contribution in [0.4, 0.5) is 0 Å². The molecule has 0 unspecified atom stereocenters. The predicted molar refractivity (Wildman–Crippen MR) is 172 cm³/mol. The standard InChI is InChI=1S/C38H22OS/c1-2-12-24-23(10-1)11-9-18-25(24)35-26-13-3-5-15-28(26)36(29-16-6-4-14-27(29)35)32-22-33-30(20-21-39-33)37-31-17-7-8-19-34(31)40-38(32)37/h1-22H. The van der Waals surface area contributed by atoms with Crippen molar-refractivity contribution in [2.45, 2.75) is 0 Å². The first-order valence-electron chi connectivity index (χ1n) is 13.6. The largest absolute Gasteiger partial charge is 0.464 e. The topological polar surface area (TPSA) is 13.1 Å². The Morgan fingerprint density at radius 2 is 1.02 bits per heavy atom. The molecule has 0 radical (unpaired) electrons. The molecule has 0 spiro atoms. The average molecular weight is 527 g/mol. The van der Waals surface area contributed by atoms with E-state index in [0.717, 1.165) is 5.58 Å². The highest BCUT2D eigenvalue weighted by atomic mass is 32.1. The van der Waals surface area contributed by atoms with Crippen molar-refractivity contribution in [3.63, 3.8) is 0 Å². The number of furan rings is 1. The Balaban J connectivity index is 1.50. The van der Waals surface area contributed by atoms with Gasteiger partial charge >= 0.3 is 0 Å². The highest BCUT2D eigenvalue weighted by Crippen LogP contribution is 2.50. The Labute approximate surface area is 234 Å². The van der Waals surface area contributed by atoms with Crippen molar-refractivity contribution in [1.82, 2.24) is 0 Å². The molecule has 0 aliphatic rings. The van der Waals surface area contributed by atoms with E-state index in [1.54, 1.807) is 0 Å². The van der Waals surface area contributed by atoms with Crippen LogP contribution in [-0.4, -0.2) is 0 Å². The highest BCUT2D eigenvalue weighted by molar-refractivity contribution is 7.26. The number of benzene rings is 7. The summed E-state index contributed by atoms with van der Waals surface area (Å²) in [4.78, 5) is 0. The minimum atomic E-state index is 0.928. The molecule has 0 aliphatic heterocycles. The summed E-state index contributed by atoms with van der Waals surface area (Å²) in [5.74, 6) is 0. The zero-order valence-electron chi connectivity index (χ0n) is 21.5. The van der Waals surface area contributed by atoms with Crippen molar-refractivity contribution in [1.29, 1.82) is 0 Å². The molecule has 2 heteroatoms. The van der Waals surface area contributed by atoms with Crippen LogP contribution in [0.5, 0.6) is 0 Å². The molecule has 7 aromatic carbocycles. The maximum absolute atomic E-state index is 6.08. The molecule has 0 N–H and O–H groups in total. The van der Waals surface area contributed by atoms with E-state index < -0.39 is 0 Å². The first kappa shape index (κ1) is 22.0. The minimum Gasteiger partial charge on any atom is -0.464 e. The molecule has 0 aliphatic carbocycles. The van der Waals surface area contributed by atoms with Crippen LogP contribution in [0.15, 0.2) is 138 Å². The summed E-state index contributed by atoms with van der Waals surface area (Å²) in [6.45, 7) is 0. The molecular formula is C38H22OS. The van der Waals surface area contributed by atoms with Crippen molar-refractivity contribution in [2.75, 3.05) is 0 Å². The van der Waals surface area contributed by atoms with Gasteiger partial charge in [0.15, 0.2) is 0 Å². The molecule has 40 heavy (non-hydrogen) atoms. The molecule has 0 atom stereocenters. The smallest absolute Gasteiger partial charge is 0.135 e. The fraction of sp³-hybridized carbons (Fsp3) is 0. The summed E-state index contributed by atoms with van der Waals surface area (Å²) >= 11 is 1.88. The maximum atomic E-state index is 6.08. The maximum Gasteiger partial charge on any atom is 0.135 e. The molecule has 1 nitrogen and oxygen atoms in total. The van der Waals surface area contributed by atoms with E-state index in [0.29, 0.717) is 0 Å². The van der Waals surface area contributed by atoms with Crippen molar-refractivity contribution in [3.05, 3.63) is 134 Å². The molecule has 0 saturated heterocycles. The predicted octanol–water partition coefficient (Wildman–Crippen LogP) is 11.6. The van der Waals surface area contributed by atoms with Crippen LogP contribution >= 0.6 is 11.3 Å². The third kappa shape index (κ3) is 2.97. The van der Waals surface area contributed by atoms with Gasteiger partial charge in [-0.25, -0.2) is 0 Å². The number of fused-ring (bicyclic) bond motifs is 8. The van der Waals surface area contributed by atoms with Crippen LogP contribution in [-0.2, 0) is 0 Å². The molecule has 0 bridgehead atoms. The van der Waals surface area contributed by atoms with Crippen LogP contribution in [0.1, 0.15) is 0 Å². The number of thiophene rings is 1. The van der Waals surface area contributed by atoms with Gasteiger partial charge in [-0.2, -0.15) is 0 Å². The van der Waals surface area contributed by atoms with Crippen LogP contribution in [0, 0.1) is 0 Å². The summed E-state index contributed by atoms with van der Waals surface area (Å²) in [7, 11) is 0. The second-order valence-electron chi connectivity index (χ2n) is 10.4. The first-order chi connectivity index (χ1) is 19.9. The Morgan fingerprint density at radius 1 is 0.450 bits per heavy atom. The zero-order valence-corrected chi connectivity index (χ0v) is 22.3. The lowest BCUT2D eigenvalue weighted by atomic mass is 9.84. The molecule has 0 amide bonds. The Kier molecular flexibility index (Phi) is 4.55. The number of hydrogen-bond donors (Lipinski definition) is 0. The first-order valence-corrected chi connectivity index (χ1v) is 14.4. The lowest BCUT2D eigenvalue weighted by Gasteiger charge is -2.19. The second kappa shape index (κ2) is 8.29. The summed E-state index contributed by atoms with van der Waals surface area (Å²) in [5.41, 5.74) is 5.99. The Hall–Kier alpha value is -4.92. The van der Waals surface area contributed by atoms with Crippen LogP contribution in [0.25, 0.3) is 85.7 Å². The van der Waals surface area contributed by atoms with Gasteiger partial charge < -0.3 is 4.42 Å². The highest BCUT2D eigenvalue weighted by Gasteiger charge is 2.22. The quantitative estimate of drug-likeness (QED) is 0.204. The molecule has 9 aromatic rings. The lowest BCUT2D eigenvalue weighted by Crippen LogP contribution is -1.92. The van der Waals surface area contributed by atoms with Crippen molar-refractivity contribution >= 4 is 74.8 Å². The van der Waals surface area contributed by atoms with Gasteiger partial charge in [-0.3, -0.25) is 0 Å². The Bertz CT molecular complexity index is 2380. The van der Waals surface area contributed by atoms with Crippen LogP contribution < -0.4 is 0 Å². The van der Waals surface area contributed by atoms with Gasteiger partial charge in [-0.05, 0) is 67.2 Å². The van der Waals surface area contributed by atoms with Gasteiger partial charge in [0, 0.05) is 31.1 Å². The van der Waals surface area contributed by atoms with Gasteiger partial charge in [0.05, 0.1) is 6.26 Å². The fourth-order valence-corrected chi connectivity index (χ4v) is 7.92. The normalized spacial score (nSPS) is 12.0. The van der Waals surface area contributed by atoms with Crippen LogP contribution in [0.2, 0.25) is 0 Å². The molecule has 2 aromatic heterocycles. The average Bonchev–Trinajstić information content (AvgIpc) is 3.64. The van der Waals surface area contributed by atoms with E-state index in [1.165, 1.54) is 80.1 Å². The van der Waals surface area contributed by atoms with E-state index >= 15 is 0 Å². The van der Waals surface area contributed by atoms with Gasteiger partial charge in [0.25, 0.3) is 0 Å². The molecule has 2 heterocycles. The molecule has 0 saturated carbocycles. The number of hydrogen-bond acceptors (Lipinski definition) is 2. The van der Waals surface area contributed by atoms with Crippen molar-refractivity contribution in [3.8, 4) is 22.3 Å². The fourth-order valence-electron chi connectivity index (χ4n) is 6.68. The van der Waals surface area contributed by atoms with Crippen molar-refractivity contribution < 1.29 is 4.42 Å². The molecule has 0 fully saturated rings. The minimum absolute atomic E-state index is 0.928. The van der Waals surface area contributed by atoms with E-state index in [2.05, 4.69) is 127 Å². The van der Waals surface area contributed by atoms with Gasteiger partial charge in [0.2, 0.25) is 0 Å². The van der Waals surface area contributed by atoms with Gasteiger partial charge in [-0.1, -0.05) is 109 Å². The molecular weight excluding hydrogens is 504 g/mol. The third-order valence-electron chi connectivity index (χ3n) is 8.34. The molecule has 9 rings (SSSR count). The SMILES string of the molecule is c1ccc2c(-c3c4ccccc4c(-c4cc5occc5c5c4sc4ccccc45)c4ccccc34)cccc2c1. The number of rotatable bonds is 2. The van der Waals surface area contributed by atoms with Gasteiger partial charge in [-0.15, -0.1) is 11.3 Å². The Morgan fingerprint density at radius 3 is 1.75 bits per heavy atom. The lowest BCUT2D eigenvalue weighted by molar-refractivity contribution is 0.616. The van der Waals surface area contributed by atoms with Crippen molar-refractivity contribution in [2.24, 2.45) is 0 Å². The third-order valence-corrected chi connectivity index (χ3v) is 9.54. The van der Waals surface area contributed by atoms with Gasteiger partial charge in [0.1, 0.15) is 5.58 Å².